The average molecular weight is 341 g/mol. The van der Waals surface area contributed by atoms with E-state index in [-0.39, 0.29) is 0 Å². The van der Waals surface area contributed by atoms with Gasteiger partial charge in [0.2, 0.25) is 0 Å². The predicted octanol–water partition coefficient (Wildman–Crippen LogP) is 4.37. The second kappa shape index (κ2) is 8.16. The molecule has 3 heteroatoms. The number of aryl methyl sites for hydroxylation is 1. The molecular formula is C17H29BrN2. The molecule has 1 atom stereocenters. The lowest BCUT2D eigenvalue weighted by molar-refractivity contribution is 0.160. The van der Waals surface area contributed by atoms with Gasteiger partial charge >= 0.3 is 0 Å². The highest BCUT2D eigenvalue weighted by Crippen LogP contribution is 2.26. The Kier molecular flexibility index (Phi) is 7.21. The first-order chi connectivity index (χ1) is 9.35. The Balaban J connectivity index is 3.01. The molecule has 0 fully saturated rings. The molecule has 0 saturated carbocycles. The summed E-state index contributed by atoms with van der Waals surface area (Å²) >= 11 is 3.57. The SMILES string of the molecule is Cc1cc(C(CN)N(CC(C)C)CC(C)C)ccc1Br. The zero-order valence-corrected chi connectivity index (χ0v) is 15.1. The molecule has 20 heavy (non-hydrogen) atoms. The van der Waals surface area contributed by atoms with Crippen LogP contribution in [0.1, 0.15) is 44.9 Å². The van der Waals surface area contributed by atoms with Crippen molar-refractivity contribution in [2.45, 2.75) is 40.7 Å². The number of benzene rings is 1. The van der Waals surface area contributed by atoms with Gasteiger partial charge in [0, 0.05) is 30.1 Å². The van der Waals surface area contributed by atoms with E-state index in [9.17, 15) is 0 Å². The number of nitrogens with two attached hydrogens (primary N) is 1. The lowest BCUT2D eigenvalue weighted by atomic mass is 10.0. The number of hydrogen-bond donors (Lipinski definition) is 1. The summed E-state index contributed by atoms with van der Waals surface area (Å²) in [6, 6.07) is 6.90. The highest BCUT2D eigenvalue weighted by Gasteiger charge is 2.21. The molecule has 1 rings (SSSR count). The third-order valence-corrected chi connectivity index (χ3v) is 4.32. The molecule has 0 bridgehead atoms. The smallest absolute Gasteiger partial charge is 0.0470 e. The molecule has 0 aliphatic carbocycles. The van der Waals surface area contributed by atoms with Gasteiger partial charge in [0.1, 0.15) is 0 Å². The van der Waals surface area contributed by atoms with Crippen molar-refractivity contribution >= 4 is 15.9 Å². The number of rotatable bonds is 7. The van der Waals surface area contributed by atoms with E-state index in [1.165, 1.54) is 11.1 Å². The fourth-order valence-corrected chi connectivity index (χ4v) is 2.88. The molecular weight excluding hydrogens is 312 g/mol. The summed E-state index contributed by atoms with van der Waals surface area (Å²) in [7, 11) is 0. The Morgan fingerprint density at radius 3 is 2.05 bits per heavy atom. The molecule has 2 N–H and O–H groups in total. The topological polar surface area (TPSA) is 29.3 Å². The molecule has 2 nitrogen and oxygen atoms in total. The lowest BCUT2D eigenvalue weighted by Crippen LogP contribution is -2.38. The number of halogens is 1. The van der Waals surface area contributed by atoms with Crippen LogP contribution in [0, 0.1) is 18.8 Å². The van der Waals surface area contributed by atoms with Gasteiger partial charge in [0.25, 0.3) is 0 Å². The quantitative estimate of drug-likeness (QED) is 0.798. The highest BCUT2D eigenvalue weighted by molar-refractivity contribution is 9.10. The Morgan fingerprint density at radius 2 is 1.65 bits per heavy atom. The van der Waals surface area contributed by atoms with E-state index in [1.807, 2.05) is 0 Å². The molecule has 1 unspecified atom stereocenters. The minimum Gasteiger partial charge on any atom is -0.329 e. The molecule has 0 aliphatic rings. The summed E-state index contributed by atoms with van der Waals surface area (Å²) in [5.74, 6) is 1.30. The predicted molar refractivity (Wildman–Crippen MR) is 91.9 cm³/mol. The number of hydrogen-bond acceptors (Lipinski definition) is 2. The van der Waals surface area contributed by atoms with Crippen molar-refractivity contribution in [1.29, 1.82) is 0 Å². The van der Waals surface area contributed by atoms with Crippen LogP contribution < -0.4 is 5.73 Å². The summed E-state index contributed by atoms with van der Waals surface area (Å²) < 4.78 is 1.16. The highest BCUT2D eigenvalue weighted by atomic mass is 79.9. The molecule has 0 amide bonds. The van der Waals surface area contributed by atoms with Crippen LogP contribution in [0.3, 0.4) is 0 Å². The van der Waals surface area contributed by atoms with Gasteiger partial charge in [-0.2, -0.15) is 0 Å². The molecule has 1 aromatic carbocycles. The van der Waals surface area contributed by atoms with E-state index in [1.54, 1.807) is 0 Å². The fraction of sp³-hybridized carbons (Fsp3) is 0.647. The maximum Gasteiger partial charge on any atom is 0.0470 e. The van der Waals surface area contributed by atoms with Crippen LogP contribution in [0.15, 0.2) is 22.7 Å². The van der Waals surface area contributed by atoms with Gasteiger partial charge in [-0.05, 0) is 36.0 Å². The van der Waals surface area contributed by atoms with Crippen molar-refractivity contribution in [3.63, 3.8) is 0 Å². The zero-order chi connectivity index (χ0) is 15.3. The van der Waals surface area contributed by atoms with Gasteiger partial charge in [-0.1, -0.05) is 55.8 Å². The van der Waals surface area contributed by atoms with Crippen LogP contribution in [-0.4, -0.2) is 24.5 Å². The molecule has 0 aliphatic heterocycles. The standard InChI is InChI=1S/C17H29BrN2/c1-12(2)10-20(11-13(3)4)17(9-19)15-6-7-16(18)14(5)8-15/h6-8,12-13,17H,9-11,19H2,1-5H3. The molecule has 0 heterocycles. The Hall–Kier alpha value is -0.380. The van der Waals surface area contributed by atoms with E-state index >= 15 is 0 Å². The first-order valence-corrected chi connectivity index (χ1v) is 8.34. The Labute approximate surface area is 132 Å². The van der Waals surface area contributed by atoms with Gasteiger partial charge in [-0.3, -0.25) is 4.90 Å². The summed E-state index contributed by atoms with van der Waals surface area (Å²) in [6.07, 6.45) is 0. The summed E-state index contributed by atoms with van der Waals surface area (Å²) in [4.78, 5) is 2.54. The molecule has 0 aromatic heterocycles. The van der Waals surface area contributed by atoms with E-state index in [2.05, 4.69) is 73.6 Å². The van der Waals surface area contributed by atoms with Gasteiger partial charge in [-0.15, -0.1) is 0 Å². The second-order valence-electron chi connectivity index (χ2n) is 6.50. The van der Waals surface area contributed by atoms with Gasteiger partial charge in [0.15, 0.2) is 0 Å². The van der Waals surface area contributed by atoms with Gasteiger partial charge in [0.05, 0.1) is 0 Å². The second-order valence-corrected chi connectivity index (χ2v) is 7.36. The third-order valence-electron chi connectivity index (χ3n) is 3.43. The molecule has 114 valence electrons. The first-order valence-electron chi connectivity index (χ1n) is 7.55. The van der Waals surface area contributed by atoms with Crippen molar-refractivity contribution in [2.24, 2.45) is 17.6 Å². The fourth-order valence-electron chi connectivity index (χ4n) is 2.64. The van der Waals surface area contributed by atoms with Crippen LogP contribution in [0.25, 0.3) is 0 Å². The lowest BCUT2D eigenvalue weighted by Gasteiger charge is -2.34. The molecule has 0 spiro atoms. The van der Waals surface area contributed by atoms with Crippen LogP contribution in [-0.2, 0) is 0 Å². The summed E-state index contributed by atoms with van der Waals surface area (Å²) in [5.41, 5.74) is 8.69. The monoisotopic (exact) mass is 340 g/mol. The van der Waals surface area contributed by atoms with Crippen LogP contribution in [0.5, 0.6) is 0 Å². The van der Waals surface area contributed by atoms with Gasteiger partial charge in [-0.25, -0.2) is 0 Å². The van der Waals surface area contributed by atoms with Crippen molar-refractivity contribution in [3.05, 3.63) is 33.8 Å². The molecule has 0 radical (unpaired) electrons. The minimum atomic E-state index is 0.312. The van der Waals surface area contributed by atoms with Crippen LogP contribution in [0.4, 0.5) is 0 Å². The molecule has 0 saturated heterocycles. The largest absolute Gasteiger partial charge is 0.329 e. The van der Waals surface area contributed by atoms with Crippen molar-refractivity contribution < 1.29 is 0 Å². The van der Waals surface area contributed by atoms with Crippen LogP contribution in [0.2, 0.25) is 0 Å². The van der Waals surface area contributed by atoms with E-state index < -0.39 is 0 Å². The van der Waals surface area contributed by atoms with Crippen LogP contribution >= 0.6 is 15.9 Å². The normalized spacial score (nSPS) is 13.5. The van der Waals surface area contributed by atoms with Crippen molar-refractivity contribution in [2.75, 3.05) is 19.6 Å². The Morgan fingerprint density at radius 1 is 1.10 bits per heavy atom. The minimum absolute atomic E-state index is 0.312. The third kappa shape index (κ3) is 5.19. The maximum atomic E-state index is 6.09. The maximum absolute atomic E-state index is 6.09. The summed E-state index contributed by atoms with van der Waals surface area (Å²) in [6.45, 7) is 14.1. The Bertz CT molecular complexity index is 405. The summed E-state index contributed by atoms with van der Waals surface area (Å²) in [5, 5.41) is 0. The van der Waals surface area contributed by atoms with E-state index in [0.717, 1.165) is 17.6 Å². The van der Waals surface area contributed by atoms with Crippen molar-refractivity contribution in [3.8, 4) is 0 Å². The average Bonchev–Trinajstić information content (AvgIpc) is 2.33. The van der Waals surface area contributed by atoms with E-state index in [0.29, 0.717) is 24.4 Å². The zero-order valence-electron chi connectivity index (χ0n) is 13.5. The van der Waals surface area contributed by atoms with Gasteiger partial charge < -0.3 is 5.73 Å². The molecule has 1 aromatic rings. The van der Waals surface area contributed by atoms with E-state index in [4.69, 9.17) is 5.73 Å². The first kappa shape index (κ1) is 17.7. The number of nitrogens with zero attached hydrogens (tertiary/aromatic N) is 1. The van der Waals surface area contributed by atoms with Crippen molar-refractivity contribution in [1.82, 2.24) is 4.90 Å².